The quantitative estimate of drug-likeness (QED) is 0.382. The van der Waals surface area contributed by atoms with E-state index in [9.17, 15) is 27.4 Å². The van der Waals surface area contributed by atoms with Crippen molar-refractivity contribution in [1.82, 2.24) is 0 Å². The Morgan fingerprint density at radius 2 is 1.00 bits per heavy atom. The zero-order valence-corrected chi connectivity index (χ0v) is 20.2. The summed E-state index contributed by atoms with van der Waals surface area (Å²) in [5, 5.41) is 24.6. The van der Waals surface area contributed by atoms with E-state index in [4.69, 9.17) is 8.57 Å². The lowest BCUT2D eigenvalue weighted by atomic mass is 10.0. The predicted molar refractivity (Wildman–Crippen MR) is 124 cm³/mol. The van der Waals surface area contributed by atoms with Gasteiger partial charge in [0.05, 0.1) is 10.5 Å². The number of hydrogen-bond acceptors (Lipinski definition) is 10. The molecule has 12 heteroatoms. The largest absolute Gasteiger partial charge is 0.331 e. The Morgan fingerprint density at radius 1 is 0.676 bits per heavy atom. The van der Waals surface area contributed by atoms with Crippen molar-refractivity contribution in [2.24, 2.45) is 10.3 Å². The molecule has 0 amide bonds. The molecular weight excluding hydrogens is 480 g/mol. The number of nitriles is 2. The third kappa shape index (κ3) is 6.55. The molecule has 2 aliphatic carbocycles. The van der Waals surface area contributed by atoms with Crippen molar-refractivity contribution in [3.05, 3.63) is 35.4 Å². The van der Waals surface area contributed by atoms with Crippen LogP contribution in [0.4, 0.5) is 0 Å². The minimum atomic E-state index is -3.93. The molecule has 1 aromatic rings. The van der Waals surface area contributed by atoms with Crippen molar-refractivity contribution in [3.8, 4) is 12.1 Å². The van der Waals surface area contributed by atoms with E-state index in [0.717, 1.165) is 38.5 Å². The summed E-state index contributed by atoms with van der Waals surface area (Å²) in [5.74, 6) is 0. The summed E-state index contributed by atoms with van der Waals surface area (Å²) in [6, 6.07) is 9.31. The summed E-state index contributed by atoms with van der Waals surface area (Å²) < 4.78 is 58.9. The summed E-state index contributed by atoms with van der Waals surface area (Å²) in [6.07, 6.45) is 7.19. The first-order valence-corrected chi connectivity index (χ1v) is 14.1. The van der Waals surface area contributed by atoms with Gasteiger partial charge in [-0.1, -0.05) is 73.1 Å². The molecule has 0 spiro atoms. The van der Waals surface area contributed by atoms with Crippen LogP contribution in [0.25, 0.3) is 0 Å². The third-order valence-electron chi connectivity index (χ3n) is 6.03. The Kier molecular flexibility index (Phi) is 8.64. The standard InChI is InChI=1S/C22H26N4O6S2/c23-15-21(25-31-33(27,28)19-7-3-1-4-8-19)17-11-13-18(14-12-17)22(16-24)26-32-34(29,30)20-9-5-2-6-10-20/h11-14,19-20H,1-10H2/b25-21+,26-22+. The van der Waals surface area contributed by atoms with Crippen LogP contribution in [0.3, 0.4) is 0 Å². The lowest BCUT2D eigenvalue weighted by molar-refractivity contribution is 0.320. The topological polar surface area (TPSA) is 159 Å². The van der Waals surface area contributed by atoms with Gasteiger partial charge in [-0.05, 0) is 25.7 Å². The maximum Gasteiger partial charge on any atom is 0.331 e. The molecule has 0 radical (unpaired) electrons. The molecular formula is C22H26N4O6S2. The van der Waals surface area contributed by atoms with E-state index in [2.05, 4.69) is 10.3 Å². The molecule has 3 rings (SSSR count). The Bertz CT molecular complexity index is 1120. The molecule has 0 aliphatic heterocycles. The van der Waals surface area contributed by atoms with Gasteiger partial charge in [-0.2, -0.15) is 27.4 Å². The minimum absolute atomic E-state index is 0.252. The van der Waals surface area contributed by atoms with Gasteiger partial charge in [0.1, 0.15) is 12.1 Å². The van der Waals surface area contributed by atoms with Gasteiger partial charge in [0, 0.05) is 11.1 Å². The number of rotatable bonds is 8. The van der Waals surface area contributed by atoms with Gasteiger partial charge in [0.25, 0.3) is 0 Å². The molecule has 34 heavy (non-hydrogen) atoms. The second-order valence-electron chi connectivity index (χ2n) is 8.34. The summed E-state index contributed by atoms with van der Waals surface area (Å²) in [5.41, 5.74) is 0.0197. The van der Waals surface area contributed by atoms with Crippen molar-refractivity contribution >= 4 is 31.7 Å². The molecule has 2 aliphatic rings. The van der Waals surface area contributed by atoms with Gasteiger partial charge in [0.2, 0.25) is 0 Å². The molecule has 2 fully saturated rings. The second-order valence-corrected chi connectivity index (χ2v) is 11.9. The maximum absolute atomic E-state index is 12.3. The van der Waals surface area contributed by atoms with Crippen LogP contribution in [0.15, 0.2) is 34.6 Å². The number of benzene rings is 1. The summed E-state index contributed by atoms with van der Waals surface area (Å²) in [7, 11) is -7.85. The highest BCUT2D eigenvalue weighted by Gasteiger charge is 2.30. The van der Waals surface area contributed by atoms with Gasteiger partial charge < -0.3 is 0 Å². The van der Waals surface area contributed by atoms with E-state index in [0.29, 0.717) is 25.7 Å². The minimum Gasteiger partial charge on any atom is -0.267 e. The number of nitrogens with zero attached hydrogens (tertiary/aromatic N) is 4. The zero-order valence-electron chi connectivity index (χ0n) is 18.6. The van der Waals surface area contributed by atoms with Gasteiger partial charge in [-0.15, -0.1) is 0 Å². The van der Waals surface area contributed by atoms with E-state index < -0.39 is 30.7 Å². The van der Waals surface area contributed by atoms with Crippen LogP contribution in [-0.2, 0) is 28.8 Å². The fraction of sp³-hybridized carbons (Fsp3) is 0.545. The molecule has 0 saturated heterocycles. The fourth-order valence-electron chi connectivity index (χ4n) is 4.07. The highest BCUT2D eigenvalue weighted by Crippen LogP contribution is 2.26. The van der Waals surface area contributed by atoms with Crippen LogP contribution in [0.5, 0.6) is 0 Å². The molecule has 1 aromatic carbocycles. The van der Waals surface area contributed by atoms with Crippen LogP contribution < -0.4 is 0 Å². The van der Waals surface area contributed by atoms with Crippen LogP contribution >= 0.6 is 0 Å². The molecule has 10 nitrogen and oxygen atoms in total. The zero-order chi connectivity index (χ0) is 24.6. The second kappa shape index (κ2) is 11.4. The summed E-state index contributed by atoms with van der Waals surface area (Å²) in [6.45, 7) is 0. The Balaban J connectivity index is 1.71. The predicted octanol–water partition coefficient (Wildman–Crippen LogP) is 3.50. The molecule has 0 bridgehead atoms. The van der Waals surface area contributed by atoms with E-state index in [-0.39, 0.29) is 22.6 Å². The van der Waals surface area contributed by atoms with E-state index in [1.54, 1.807) is 12.1 Å². The van der Waals surface area contributed by atoms with Gasteiger partial charge in [0.15, 0.2) is 11.4 Å². The Labute approximate surface area is 200 Å². The Hall–Kier alpha value is -2.96. The van der Waals surface area contributed by atoms with Crippen molar-refractivity contribution in [3.63, 3.8) is 0 Å². The van der Waals surface area contributed by atoms with Crippen LogP contribution in [0.1, 0.15) is 75.3 Å². The summed E-state index contributed by atoms with van der Waals surface area (Å²) >= 11 is 0. The third-order valence-corrected chi connectivity index (χ3v) is 9.17. The molecule has 0 aromatic heterocycles. The maximum atomic E-state index is 12.3. The number of oxime groups is 2. The normalized spacial score (nSPS) is 19.1. The van der Waals surface area contributed by atoms with Crippen molar-refractivity contribution in [2.45, 2.75) is 74.7 Å². The first kappa shape index (κ1) is 25.7. The molecule has 0 N–H and O–H groups in total. The average Bonchev–Trinajstić information content (AvgIpc) is 2.86. The molecule has 2 saturated carbocycles. The molecule has 0 heterocycles. The van der Waals surface area contributed by atoms with Crippen molar-refractivity contribution < 1.29 is 25.4 Å². The smallest absolute Gasteiger partial charge is 0.267 e. The first-order valence-electron chi connectivity index (χ1n) is 11.2. The molecule has 0 unspecified atom stereocenters. The highest BCUT2D eigenvalue weighted by atomic mass is 32.2. The summed E-state index contributed by atoms with van der Waals surface area (Å²) in [4.78, 5) is 0. The Morgan fingerprint density at radius 3 is 1.29 bits per heavy atom. The fourth-order valence-corrected chi connectivity index (χ4v) is 6.49. The van der Waals surface area contributed by atoms with Crippen LogP contribution in [-0.4, -0.2) is 38.8 Å². The van der Waals surface area contributed by atoms with Gasteiger partial charge in [-0.3, -0.25) is 8.57 Å². The monoisotopic (exact) mass is 506 g/mol. The van der Waals surface area contributed by atoms with Crippen LogP contribution in [0.2, 0.25) is 0 Å². The van der Waals surface area contributed by atoms with E-state index in [1.807, 2.05) is 0 Å². The van der Waals surface area contributed by atoms with Crippen molar-refractivity contribution in [1.29, 1.82) is 10.5 Å². The SMILES string of the molecule is N#C/C(=N\OS(=O)(=O)C1CCCCC1)c1ccc(/C(C#N)=N/OS(=O)(=O)C2CCCCC2)cc1. The highest BCUT2D eigenvalue weighted by molar-refractivity contribution is 7.87. The lowest BCUT2D eigenvalue weighted by Gasteiger charge is -2.19. The lowest BCUT2D eigenvalue weighted by Crippen LogP contribution is -2.25. The van der Waals surface area contributed by atoms with E-state index in [1.165, 1.54) is 24.3 Å². The molecule has 182 valence electrons. The van der Waals surface area contributed by atoms with Gasteiger partial charge >= 0.3 is 20.2 Å². The van der Waals surface area contributed by atoms with Gasteiger partial charge in [-0.25, -0.2) is 0 Å². The first-order chi connectivity index (χ1) is 16.3. The van der Waals surface area contributed by atoms with Crippen molar-refractivity contribution in [2.75, 3.05) is 0 Å². The molecule has 0 atom stereocenters. The van der Waals surface area contributed by atoms with Crippen LogP contribution in [0, 0.1) is 22.7 Å². The van der Waals surface area contributed by atoms with E-state index >= 15 is 0 Å². The number of hydrogen-bond donors (Lipinski definition) is 0. The average molecular weight is 507 g/mol.